The summed E-state index contributed by atoms with van der Waals surface area (Å²) >= 11 is 0. The molecular formula is C26H40N4. The van der Waals surface area contributed by atoms with Crippen molar-refractivity contribution in [1.82, 2.24) is 19.6 Å². The molecule has 0 amide bonds. The third-order valence-electron chi connectivity index (χ3n) is 6.54. The first kappa shape index (κ1) is 22.5. The predicted octanol–water partition coefficient (Wildman–Crippen LogP) is 4.93. The Balaban J connectivity index is 1.49. The Labute approximate surface area is 184 Å². The van der Waals surface area contributed by atoms with Gasteiger partial charge in [0.1, 0.15) is 0 Å². The van der Waals surface area contributed by atoms with E-state index in [0.29, 0.717) is 6.04 Å². The Bertz CT molecular complexity index is 746. The van der Waals surface area contributed by atoms with E-state index in [-0.39, 0.29) is 0 Å². The fourth-order valence-corrected chi connectivity index (χ4v) is 4.64. The molecule has 2 saturated heterocycles. The van der Waals surface area contributed by atoms with Gasteiger partial charge in [-0.1, -0.05) is 18.7 Å². The summed E-state index contributed by atoms with van der Waals surface area (Å²) in [5.74, 6) is 0.729. The molecule has 3 heterocycles. The summed E-state index contributed by atoms with van der Waals surface area (Å²) in [5.41, 5.74) is 8.21. The number of nitrogens with zero attached hydrogens (tertiary/aromatic N) is 4. The quantitative estimate of drug-likeness (QED) is 0.578. The lowest BCUT2D eigenvalue weighted by Gasteiger charge is -2.40. The van der Waals surface area contributed by atoms with Gasteiger partial charge in [-0.15, -0.1) is 5.73 Å². The van der Waals surface area contributed by atoms with Crippen LogP contribution in [0.4, 0.5) is 0 Å². The van der Waals surface area contributed by atoms with Crippen LogP contribution in [0.15, 0.2) is 66.1 Å². The van der Waals surface area contributed by atoms with Gasteiger partial charge in [0.05, 0.1) is 5.70 Å². The van der Waals surface area contributed by atoms with Gasteiger partial charge in [-0.05, 0) is 65.0 Å². The monoisotopic (exact) mass is 408 g/mol. The lowest BCUT2D eigenvalue weighted by atomic mass is 9.91. The molecule has 0 spiro atoms. The molecule has 0 aromatic rings. The highest BCUT2D eigenvalue weighted by Gasteiger charge is 2.25. The van der Waals surface area contributed by atoms with Crippen LogP contribution in [-0.2, 0) is 0 Å². The number of likely N-dealkylation sites (tertiary alicyclic amines) is 1. The van der Waals surface area contributed by atoms with Crippen LogP contribution in [0, 0.1) is 5.92 Å². The fourth-order valence-electron chi connectivity index (χ4n) is 4.64. The molecule has 0 radical (unpaired) electrons. The molecule has 164 valence electrons. The number of rotatable bonds is 6. The maximum Gasteiger partial charge on any atom is 0.0561 e. The fraction of sp³-hybridized carbons (Fsp3) is 0.577. The Morgan fingerprint density at radius 3 is 2.33 bits per heavy atom. The van der Waals surface area contributed by atoms with E-state index in [1.54, 1.807) is 0 Å². The van der Waals surface area contributed by atoms with E-state index < -0.39 is 0 Å². The first-order valence-corrected chi connectivity index (χ1v) is 11.5. The summed E-state index contributed by atoms with van der Waals surface area (Å²) < 4.78 is 0. The first-order chi connectivity index (χ1) is 14.4. The lowest BCUT2D eigenvalue weighted by Crippen LogP contribution is -2.48. The zero-order valence-electron chi connectivity index (χ0n) is 19.5. The molecule has 3 aliphatic heterocycles. The van der Waals surface area contributed by atoms with Gasteiger partial charge in [-0.3, -0.25) is 4.90 Å². The van der Waals surface area contributed by atoms with Crippen LogP contribution in [0.25, 0.3) is 0 Å². The molecule has 0 aromatic carbocycles. The minimum absolute atomic E-state index is 0.640. The molecule has 30 heavy (non-hydrogen) atoms. The number of hydrogen-bond donors (Lipinski definition) is 0. The highest BCUT2D eigenvalue weighted by Crippen LogP contribution is 2.29. The van der Waals surface area contributed by atoms with E-state index in [0.717, 1.165) is 57.3 Å². The van der Waals surface area contributed by atoms with Crippen molar-refractivity contribution in [1.29, 1.82) is 0 Å². The number of allylic oxidation sites excluding steroid dienone is 4. The van der Waals surface area contributed by atoms with Gasteiger partial charge in [-0.25, -0.2) is 0 Å². The SMILES string of the molecule is C=C=C(CC1CCN(C2=CC(=C)N(C=C(C)C)C=C2)CC1)N1CCN(C(C)C)CC1. The summed E-state index contributed by atoms with van der Waals surface area (Å²) in [6.07, 6.45) is 12.3. The van der Waals surface area contributed by atoms with Crippen LogP contribution in [0.3, 0.4) is 0 Å². The number of hydrogen-bond acceptors (Lipinski definition) is 4. The normalized spacial score (nSPS) is 21.0. The second-order valence-electron chi connectivity index (χ2n) is 9.36. The molecule has 0 N–H and O–H groups in total. The molecule has 2 fully saturated rings. The van der Waals surface area contributed by atoms with Crippen molar-refractivity contribution in [3.63, 3.8) is 0 Å². The predicted molar refractivity (Wildman–Crippen MR) is 127 cm³/mol. The highest BCUT2D eigenvalue weighted by molar-refractivity contribution is 5.35. The van der Waals surface area contributed by atoms with Crippen molar-refractivity contribution < 1.29 is 0 Å². The zero-order valence-corrected chi connectivity index (χ0v) is 19.5. The summed E-state index contributed by atoms with van der Waals surface area (Å²) in [6, 6.07) is 0.640. The van der Waals surface area contributed by atoms with Crippen molar-refractivity contribution in [3.05, 3.63) is 66.1 Å². The molecule has 0 aliphatic carbocycles. The van der Waals surface area contributed by atoms with Crippen molar-refractivity contribution in [2.24, 2.45) is 5.92 Å². The molecule has 4 heteroatoms. The molecule has 4 nitrogen and oxygen atoms in total. The number of piperidine rings is 1. The second kappa shape index (κ2) is 10.2. The van der Waals surface area contributed by atoms with E-state index in [4.69, 9.17) is 0 Å². The van der Waals surface area contributed by atoms with Crippen LogP contribution in [0.1, 0.15) is 47.0 Å². The first-order valence-electron chi connectivity index (χ1n) is 11.5. The summed E-state index contributed by atoms with van der Waals surface area (Å²) in [6.45, 7) is 23.8. The largest absolute Gasteiger partial charge is 0.371 e. The third kappa shape index (κ3) is 5.71. The van der Waals surface area contributed by atoms with Gasteiger partial charge in [0.15, 0.2) is 0 Å². The average Bonchev–Trinajstić information content (AvgIpc) is 2.73. The standard InChI is InChI=1S/C26H40N4/c1-7-25(29-16-14-27(15-17-29)22(4)5)19-24-8-11-28(12-9-24)26-10-13-30(20-21(2)3)23(6)18-26/h10,13,18,20,22,24H,1,6,8-9,11-12,14-17,19H2,2-5H3. The van der Waals surface area contributed by atoms with Gasteiger partial charge in [0, 0.05) is 69.1 Å². The Hall–Kier alpha value is -2.16. The molecule has 0 atom stereocenters. The molecular weight excluding hydrogens is 368 g/mol. The summed E-state index contributed by atoms with van der Waals surface area (Å²) in [4.78, 5) is 9.70. The minimum Gasteiger partial charge on any atom is -0.371 e. The highest BCUT2D eigenvalue weighted by atomic mass is 15.3. The third-order valence-corrected chi connectivity index (χ3v) is 6.54. The Morgan fingerprint density at radius 1 is 1.13 bits per heavy atom. The molecule has 0 bridgehead atoms. The van der Waals surface area contributed by atoms with Crippen LogP contribution in [0.5, 0.6) is 0 Å². The van der Waals surface area contributed by atoms with E-state index >= 15 is 0 Å². The van der Waals surface area contributed by atoms with Crippen LogP contribution >= 0.6 is 0 Å². The molecule has 0 unspecified atom stereocenters. The van der Waals surface area contributed by atoms with E-state index in [2.05, 4.69) is 90.7 Å². The minimum atomic E-state index is 0.640. The maximum atomic E-state index is 4.23. The van der Waals surface area contributed by atoms with Crippen LogP contribution < -0.4 is 0 Å². The Morgan fingerprint density at radius 2 is 1.80 bits per heavy atom. The molecule has 3 aliphatic rings. The van der Waals surface area contributed by atoms with Crippen molar-refractivity contribution in [2.75, 3.05) is 39.3 Å². The van der Waals surface area contributed by atoms with E-state index in [1.165, 1.54) is 29.8 Å². The summed E-state index contributed by atoms with van der Waals surface area (Å²) in [5, 5.41) is 0. The van der Waals surface area contributed by atoms with Gasteiger partial charge in [-0.2, -0.15) is 0 Å². The second-order valence-corrected chi connectivity index (χ2v) is 9.36. The smallest absolute Gasteiger partial charge is 0.0561 e. The van der Waals surface area contributed by atoms with Gasteiger partial charge >= 0.3 is 0 Å². The lowest BCUT2D eigenvalue weighted by molar-refractivity contribution is 0.123. The topological polar surface area (TPSA) is 13.0 Å². The summed E-state index contributed by atoms with van der Waals surface area (Å²) in [7, 11) is 0. The van der Waals surface area contributed by atoms with Gasteiger partial charge in [0.2, 0.25) is 0 Å². The van der Waals surface area contributed by atoms with Gasteiger partial charge < -0.3 is 14.7 Å². The van der Waals surface area contributed by atoms with Gasteiger partial charge in [0.25, 0.3) is 0 Å². The van der Waals surface area contributed by atoms with Crippen molar-refractivity contribution in [2.45, 2.75) is 53.0 Å². The zero-order chi connectivity index (χ0) is 21.7. The molecule has 0 saturated carbocycles. The molecule has 0 aromatic heterocycles. The maximum absolute atomic E-state index is 4.23. The van der Waals surface area contributed by atoms with E-state index in [9.17, 15) is 0 Å². The van der Waals surface area contributed by atoms with E-state index in [1.807, 2.05) is 0 Å². The van der Waals surface area contributed by atoms with Crippen LogP contribution in [0.2, 0.25) is 0 Å². The average molecular weight is 409 g/mol. The van der Waals surface area contributed by atoms with Crippen LogP contribution in [-0.4, -0.2) is 64.9 Å². The number of piperazine rings is 1. The van der Waals surface area contributed by atoms with Crippen molar-refractivity contribution >= 4 is 0 Å². The molecule has 3 rings (SSSR count). The van der Waals surface area contributed by atoms with Crippen molar-refractivity contribution in [3.8, 4) is 0 Å². The Kier molecular flexibility index (Phi) is 7.69.